The van der Waals surface area contributed by atoms with Crippen molar-refractivity contribution in [3.63, 3.8) is 0 Å². The molecule has 1 amide bonds. The number of hydrogen-bond donors (Lipinski definition) is 1. The SMILES string of the molecule is CCOC(Cn1cc(C(=O)NCC2CN(Cc3ccccc3)CCO2)nn1)OCC. The Labute approximate surface area is 177 Å². The fourth-order valence-electron chi connectivity index (χ4n) is 3.36. The van der Waals surface area contributed by atoms with Crippen LogP contribution in [0, 0.1) is 0 Å². The molecule has 2 heterocycles. The zero-order chi connectivity index (χ0) is 21.2. The number of hydrogen-bond acceptors (Lipinski definition) is 7. The molecule has 9 heteroatoms. The van der Waals surface area contributed by atoms with E-state index in [4.69, 9.17) is 14.2 Å². The standard InChI is InChI=1S/C21H31N5O4/c1-3-28-20(29-4-2)16-26-15-19(23-24-26)21(27)22-12-18-14-25(10-11-30-18)13-17-8-6-5-7-9-17/h5-9,15,18,20H,3-4,10-14,16H2,1-2H3,(H,22,27). The Hall–Kier alpha value is -2.33. The van der Waals surface area contributed by atoms with Crippen LogP contribution in [0.2, 0.25) is 0 Å². The summed E-state index contributed by atoms with van der Waals surface area (Å²) in [6.45, 7) is 8.87. The fourth-order valence-corrected chi connectivity index (χ4v) is 3.36. The van der Waals surface area contributed by atoms with Gasteiger partial charge < -0.3 is 19.5 Å². The van der Waals surface area contributed by atoms with Gasteiger partial charge in [-0.05, 0) is 19.4 Å². The smallest absolute Gasteiger partial charge is 0.273 e. The minimum atomic E-state index is -0.413. The van der Waals surface area contributed by atoms with Crippen LogP contribution in [0.5, 0.6) is 0 Å². The third-order valence-corrected chi connectivity index (χ3v) is 4.77. The molecule has 1 N–H and O–H groups in total. The second-order valence-corrected chi connectivity index (χ2v) is 7.09. The van der Waals surface area contributed by atoms with Gasteiger partial charge in [-0.15, -0.1) is 5.10 Å². The minimum absolute atomic E-state index is 0.0539. The number of carbonyl (C=O) groups is 1. The molecule has 9 nitrogen and oxygen atoms in total. The highest BCUT2D eigenvalue weighted by molar-refractivity contribution is 5.91. The molecule has 0 aliphatic carbocycles. The number of nitrogens with zero attached hydrogens (tertiary/aromatic N) is 4. The zero-order valence-electron chi connectivity index (χ0n) is 17.7. The lowest BCUT2D eigenvalue weighted by molar-refractivity contribution is -0.145. The van der Waals surface area contributed by atoms with E-state index in [1.54, 1.807) is 10.9 Å². The predicted octanol–water partition coefficient (Wildman–Crippen LogP) is 1.31. The number of carbonyl (C=O) groups excluding carboxylic acids is 1. The number of nitrogens with one attached hydrogen (secondary N) is 1. The third kappa shape index (κ3) is 6.88. The molecule has 3 rings (SSSR count). The van der Waals surface area contributed by atoms with Crippen LogP contribution in [-0.4, -0.2) is 77.6 Å². The highest BCUT2D eigenvalue weighted by Crippen LogP contribution is 2.10. The topological polar surface area (TPSA) is 90.7 Å². The highest BCUT2D eigenvalue weighted by Gasteiger charge is 2.22. The van der Waals surface area contributed by atoms with Gasteiger partial charge in [0.15, 0.2) is 12.0 Å². The summed E-state index contributed by atoms with van der Waals surface area (Å²) in [5.74, 6) is -0.269. The molecule has 164 valence electrons. The molecule has 0 saturated carbocycles. The van der Waals surface area contributed by atoms with E-state index in [0.717, 1.165) is 19.6 Å². The van der Waals surface area contributed by atoms with Gasteiger partial charge in [0.2, 0.25) is 0 Å². The van der Waals surface area contributed by atoms with Gasteiger partial charge in [-0.1, -0.05) is 35.5 Å². The Morgan fingerprint density at radius 2 is 2.03 bits per heavy atom. The fraction of sp³-hybridized carbons (Fsp3) is 0.571. The summed E-state index contributed by atoms with van der Waals surface area (Å²) in [5.41, 5.74) is 1.54. The van der Waals surface area contributed by atoms with Gasteiger partial charge in [-0.3, -0.25) is 9.69 Å². The van der Waals surface area contributed by atoms with Gasteiger partial charge >= 0.3 is 0 Å². The molecule has 1 aromatic carbocycles. The molecule has 1 aromatic heterocycles. The molecule has 1 aliphatic heterocycles. The maximum absolute atomic E-state index is 12.5. The van der Waals surface area contributed by atoms with Crippen LogP contribution in [0.1, 0.15) is 29.9 Å². The monoisotopic (exact) mass is 417 g/mol. The van der Waals surface area contributed by atoms with Crippen molar-refractivity contribution in [1.29, 1.82) is 0 Å². The molecule has 2 aromatic rings. The van der Waals surface area contributed by atoms with Crippen molar-refractivity contribution in [3.05, 3.63) is 47.8 Å². The van der Waals surface area contributed by atoms with Crippen molar-refractivity contribution in [2.75, 3.05) is 39.5 Å². The first-order valence-corrected chi connectivity index (χ1v) is 10.5. The van der Waals surface area contributed by atoms with Crippen LogP contribution in [0.4, 0.5) is 0 Å². The normalized spacial score (nSPS) is 17.4. The molecule has 0 radical (unpaired) electrons. The van der Waals surface area contributed by atoms with E-state index in [0.29, 0.717) is 32.9 Å². The van der Waals surface area contributed by atoms with Gasteiger partial charge in [0.25, 0.3) is 5.91 Å². The number of morpholine rings is 1. The molecule has 1 aliphatic rings. The second-order valence-electron chi connectivity index (χ2n) is 7.09. The van der Waals surface area contributed by atoms with Gasteiger partial charge in [-0.2, -0.15) is 0 Å². The van der Waals surface area contributed by atoms with Crippen molar-refractivity contribution in [2.45, 2.75) is 39.3 Å². The number of ether oxygens (including phenoxy) is 3. The quantitative estimate of drug-likeness (QED) is 0.551. The van der Waals surface area contributed by atoms with Crippen molar-refractivity contribution in [1.82, 2.24) is 25.2 Å². The van der Waals surface area contributed by atoms with Crippen LogP contribution in [0.25, 0.3) is 0 Å². The number of benzene rings is 1. The lowest BCUT2D eigenvalue weighted by atomic mass is 10.2. The van der Waals surface area contributed by atoms with Gasteiger partial charge in [0.05, 0.1) is 25.5 Å². The maximum atomic E-state index is 12.5. The summed E-state index contributed by atoms with van der Waals surface area (Å²) in [7, 11) is 0. The van der Waals surface area contributed by atoms with Crippen LogP contribution in [0.3, 0.4) is 0 Å². The molecule has 0 bridgehead atoms. The molecule has 30 heavy (non-hydrogen) atoms. The molecule has 1 saturated heterocycles. The largest absolute Gasteiger partial charge is 0.374 e. The van der Waals surface area contributed by atoms with Crippen molar-refractivity contribution in [2.24, 2.45) is 0 Å². The average molecular weight is 418 g/mol. The number of rotatable bonds is 11. The lowest BCUT2D eigenvalue weighted by Crippen LogP contribution is -2.47. The molecular formula is C21H31N5O4. The van der Waals surface area contributed by atoms with E-state index < -0.39 is 6.29 Å². The van der Waals surface area contributed by atoms with Crippen LogP contribution in [-0.2, 0) is 27.3 Å². The van der Waals surface area contributed by atoms with Crippen LogP contribution < -0.4 is 5.32 Å². The first-order chi connectivity index (χ1) is 14.7. The van der Waals surface area contributed by atoms with Crippen LogP contribution in [0.15, 0.2) is 36.5 Å². The highest BCUT2D eigenvalue weighted by atomic mass is 16.7. The molecule has 1 atom stereocenters. The maximum Gasteiger partial charge on any atom is 0.273 e. The Kier molecular flexibility index (Phi) is 8.76. The second kappa shape index (κ2) is 11.8. The van der Waals surface area contributed by atoms with E-state index in [-0.39, 0.29) is 17.7 Å². The molecule has 1 fully saturated rings. The Morgan fingerprint density at radius 1 is 1.27 bits per heavy atom. The number of aromatic nitrogens is 3. The predicted molar refractivity (Wildman–Crippen MR) is 111 cm³/mol. The average Bonchev–Trinajstić information content (AvgIpc) is 3.22. The van der Waals surface area contributed by atoms with E-state index in [9.17, 15) is 4.79 Å². The summed E-state index contributed by atoms with van der Waals surface area (Å²) in [5, 5.41) is 10.9. The Balaban J connectivity index is 1.45. The van der Waals surface area contributed by atoms with Crippen LogP contribution >= 0.6 is 0 Å². The summed E-state index contributed by atoms with van der Waals surface area (Å²) in [6, 6.07) is 10.4. The Bertz CT molecular complexity index is 764. The summed E-state index contributed by atoms with van der Waals surface area (Å²) in [4.78, 5) is 14.8. The summed E-state index contributed by atoms with van der Waals surface area (Å²) < 4.78 is 18.4. The lowest BCUT2D eigenvalue weighted by Gasteiger charge is -2.33. The van der Waals surface area contributed by atoms with E-state index >= 15 is 0 Å². The van der Waals surface area contributed by atoms with E-state index in [2.05, 4.69) is 32.7 Å². The minimum Gasteiger partial charge on any atom is -0.374 e. The third-order valence-electron chi connectivity index (χ3n) is 4.77. The summed E-state index contributed by atoms with van der Waals surface area (Å²) in [6.07, 6.45) is 1.13. The molecule has 0 spiro atoms. The number of amides is 1. The van der Waals surface area contributed by atoms with Gasteiger partial charge in [-0.25, -0.2) is 4.68 Å². The van der Waals surface area contributed by atoms with E-state index in [1.807, 2.05) is 32.0 Å². The van der Waals surface area contributed by atoms with Gasteiger partial charge in [0, 0.05) is 39.4 Å². The van der Waals surface area contributed by atoms with E-state index in [1.165, 1.54) is 5.56 Å². The zero-order valence-corrected chi connectivity index (χ0v) is 17.7. The van der Waals surface area contributed by atoms with Crippen molar-refractivity contribution >= 4 is 5.91 Å². The molecule has 1 unspecified atom stereocenters. The molecular weight excluding hydrogens is 386 g/mol. The van der Waals surface area contributed by atoms with Crippen molar-refractivity contribution in [3.8, 4) is 0 Å². The summed E-state index contributed by atoms with van der Waals surface area (Å²) >= 11 is 0. The van der Waals surface area contributed by atoms with Crippen molar-refractivity contribution < 1.29 is 19.0 Å². The van der Waals surface area contributed by atoms with Gasteiger partial charge in [0.1, 0.15) is 0 Å². The Morgan fingerprint density at radius 3 is 2.77 bits per heavy atom. The first-order valence-electron chi connectivity index (χ1n) is 10.5. The first kappa shape index (κ1) is 22.4.